The zero-order valence-corrected chi connectivity index (χ0v) is 18.6. The third kappa shape index (κ3) is 3.63. The molecular weight excluding hydrogens is 436 g/mol. The number of carbonyl (C=O) groups is 1. The molecule has 0 radical (unpaired) electrons. The van der Waals surface area contributed by atoms with Gasteiger partial charge in [0.2, 0.25) is 0 Å². The molecular formula is C23H24N8O3. The normalized spacial score (nSPS) is 15.9. The molecule has 2 N–H and O–H groups in total. The van der Waals surface area contributed by atoms with Gasteiger partial charge in [-0.1, -0.05) is 0 Å². The minimum atomic E-state index is -0.244. The SMILES string of the molecule is CNc1cc(Nc2cccn(-c3ccn(C4CC4)n3)c2=O)nc2c(C(=O)CC3COC3)cnn12. The number of Topliss-reactive ketones (excluding diaryl/α,β-unsaturated/α-hetero) is 1. The summed E-state index contributed by atoms with van der Waals surface area (Å²) in [7, 11) is 1.76. The first kappa shape index (κ1) is 20.6. The number of anilines is 3. The number of hydrogen-bond donors (Lipinski definition) is 2. The van der Waals surface area contributed by atoms with Gasteiger partial charge in [0, 0.05) is 43.9 Å². The second-order valence-electron chi connectivity index (χ2n) is 8.71. The van der Waals surface area contributed by atoms with Gasteiger partial charge in [-0.3, -0.25) is 18.8 Å². The largest absolute Gasteiger partial charge is 0.381 e. The van der Waals surface area contributed by atoms with Crippen LogP contribution in [0, 0.1) is 5.92 Å². The molecule has 4 aromatic heterocycles. The van der Waals surface area contributed by atoms with E-state index in [0.717, 1.165) is 12.8 Å². The quantitative estimate of drug-likeness (QED) is 0.385. The smallest absolute Gasteiger partial charge is 0.280 e. The standard InChI is InChI=1S/C23H24N8O3/c1-24-21-10-19(27-22-16(11-25-31(21)22)18(32)9-14-12-34-13-14)26-17-3-2-7-29(23(17)33)20-6-8-30(28-20)15-4-5-15/h2-3,6-8,10-11,14-15,24H,4-5,9,12-13H2,1H3,(H,26,27). The monoisotopic (exact) mass is 460 g/mol. The molecule has 2 aliphatic rings. The molecule has 1 aliphatic heterocycles. The zero-order chi connectivity index (χ0) is 23.2. The maximum Gasteiger partial charge on any atom is 0.280 e. The third-order valence-electron chi connectivity index (χ3n) is 6.18. The molecule has 6 rings (SSSR count). The van der Waals surface area contributed by atoms with Gasteiger partial charge in [-0.15, -0.1) is 0 Å². The van der Waals surface area contributed by atoms with Crippen LogP contribution < -0.4 is 16.2 Å². The van der Waals surface area contributed by atoms with Crippen molar-refractivity contribution in [3.8, 4) is 5.82 Å². The molecule has 174 valence electrons. The molecule has 1 aliphatic carbocycles. The number of carbonyl (C=O) groups excluding carboxylic acids is 1. The Balaban J connectivity index is 1.33. The molecule has 1 saturated heterocycles. The third-order valence-corrected chi connectivity index (χ3v) is 6.18. The average molecular weight is 460 g/mol. The average Bonchev–Trinajstić information content (AvgIpc) is 3.39. The fraction of sp³-hybridized carbons (Fsp3) is 0.348. The fourth-order valence-corrected chi connectivity index (χ4v) is 4.08. The van der Waals surface area contributed by atoms with E-state index in [2.05, 4.69) is 25.8 Å². The Morgan fingerprint density at radius 2 is 2.09 bits per heavy atom. The zero-order valence-electron chi connectivity index (χ0n) is 18.6. The van der Waals surface area contributed by atoms with E-state index in [9.17, 15) is 9.59 Å². The summed E-state index contributed by atoms with van der Waals surface area (Å²) in [5.74, 6) is 1.85. The summed E-state index contributed by atoms with van der Waals surface area (Å²) < 4.78 is 10.2. The first-order chi connectivity index (χ1) is 16.6. The van der Waals surface area contributed by atoms with Gasteiger partial charge in [0.25, 0.3) is 5.56 Å². The molecule has 5 heterocycles. The summed E-state index contributed by atoms with van der Waals surface area (Å²) in [4.78, 5) is 30.7. The summed E-state index contributed by atoms with van der Waals surface area (Å²) in [6, 6.07) is 7.50. The molecule has 0 aromatic carbocycles. The van der Waals surface area contributed by atoms with Crippen LogP contribution in [0.3, 0.4) is 0 Å². The van der Waals surface area contributed by atoms with Crippen LogP contribution in [0.1, 0.15) is 35.7 Å². The summed E-state index contributed by atoms with van der Waals surface area (Å²) in [6.07, 6.45) is 7.77. The topological polar surface area (TPSA) is 120 Å². The Morgan fingerprint density at radius 3 is 2.82 bits per heavy atom. The van der Waals surface area contributed by atoms with Gasteiger partial charge in [0.1, 0.15) is 17.3 Å². The predicted octanol–water partition coefficient (Wildman–Crippen LogP) is 2.42. The van der Waals surface area contributed by atoms with Gasteiger partial charge in [0.05, 0.1) is 31.0 Å². The van der Waals surface area contributed by atoms with E-state index in [1.165, 1.54) is 4.57 Å². The van der Waals surface area contributed by atoms with Crippen LogP contribution in [0.4, 0.5) is 17.3 Å². The number of fused-ring (bicyclic) bond motifs is 1. The lowest BCUT2D eigenvalue weighted by Crippen LogP contribution is -2.29. The highest BCUT2D eigenvalue weighted by Gasteiger charge is 2.26. The summed E-state index contributed by atoms with van der Waals surface area (Å²) in [5, 5.41) is 15.1. The molecule has 4 aromatic rings. The number of nitrogens with one attached hydrogen (secondary N) is 2. The number of pyridine rings is 1. The Hall–Kier alpha value is -3.99. The van der Waals surface area contributed by atoms with Crippen molar-refractivity contribution in [2.45, 2.75) is 25.3 Å². The van der Waals surface area contributed by atoms with E-state index in [0.29, 0.717) is 60.0 Å². The molecule has 0 atom stereocenters. The maximum absolute atomic E-state index is 13.2. The van der Waals surface area contributed by atoms with Crippen molar-refractivity contribution < 1.29 is 9.53 Å². The molecule has 0 unspecified atom stereocenters. The predicted molar refractivity (Wildman–Crippen MR) is 125 cm³/mol. The molecule has 2 fully saturated rings. The van der Waals surface area contributed by atoms with E-state index in [-0.39, 0.29) is 17.3 Å². The molecule has 1 saturated carbocycles. The lowest BCUT2D eigenvalue weighted by molar-refractivity contribution is -0.0321. The Bertz CT molecular complexity index is 1440. The molecule has 11 nitrogen and oxygen atoms in total. The number of nitrogens with zero attached hydrogens (tertiary/aromatic N) is 6. The number of rotatable bonds is 8. The Kier molecular flexibility index (Phi) is 4.91. The minimum absolute atomic E-state index is 0.0247. The van der Waals surface area contributed by atoms with Gasteiger partial charge in [-0.2, -0.15) is 14.7 Å². The van der Waals surface area contributed by atoms with E-state index in [4.69, 9.17) is 4.74 Å². The van der Waals surface area contributed by atoms with E-state index >= 15 is 0 Å². The second-order valence-corrected chi connectivity index (χ2v) is 8.71. The first-order valence-corrected chi connectivity index (χ1v) is 11.3. The van der Waals surface area contributed by atoms with Crippen LogP contribution in [0.2, 0.25) is 0 Å². The van der Waals surface area contributed by atoms with Gasteiger partial charge in [-0.25, -0.2) is 4.98 Å². The van der Waals surface area contributed by atoms with Crippen LogP contribution in [-0.4, -0.2) is 55.0 Å². The van der Waals surface area contributed by atoms with Gasteiger partial charge in [0.15, 0.2) is 17.2 Å². The molecule has 11 heteroatoms. The summed E-state index contributed by atoms with van der Waals surface area (Å²) in [6.45, 7) is 1.21. The van der Waals surface area contributed by atoms with Crippen LogP contribution >= 0.6 is 0 Å². The fourth-order valence-electron chi connectivity index (χ4n) is 4.08. The maximum atomic E-state index is 13.2. The van der Waals surface area contributed by atoms with E-state index < -0.39 is 0 Å². The highest BCUT2D eigenvalue weighted by atomic mass is 16.5. The number of aromatic nitrogens is 6. The van der Waals surface area contributed by atoms with Gasteiger partial charge >= 0.3 is 0 Å². The minimum Gasteiger partial charge on any atom is -0.381 e. The van der Waals surface area contributed by atoms with Crippen molar-refractivity contribution in [1.82, 2.24) is 28.9 Å². The molecule has 0 spiro atoms. The van der Waals surface area contributed by atoms with E-state index in [1.54, 1.807) is 42.2 Å². The lowest BCUT2D eigenvalue weighted by atomic mass is 9.98. The Morgan fingerprint density at radius 1 is 1.24 bits per heavy atom. The lowest BCUT2D eigenvalue weighted by Gasteiger charge is -2.24. The Labute approximate surface area is 194 Å². The van der Waals surface area contributed by atoms with Crippen molar-refractivity contribution in [2.24, 2.45) is 5.92 Å². The molecule has 0 bridgehead atoms. The van der Waals surface area contributed by atoms with Gasteiger partial charge < -0.3 is 15.4 Å². The van der Waals surface area contributed by atoms with Crippen molar-refractivity contribution in [3.05, 3.63) is 58.8 Å². The van der Waals surface area contributed by atoms with Gasteiger partial charge in [-0.05, 0) is 25.0 Å². The van der Waals surface area contributed by atoms with Crippen LogP contribution in [0.5, 0.6) is 0 Å². The second kappa shape index (κ2) is 8.10. The number of ketones is 1. The van der Waals surface area contributed by atoms with E-state index in [1.807, 2.05) is 16.9 Å². The first-order valence-electron chi connectivity index (χ1n) is 11.3. The van der Waals surface area contributed by atoms with Crippen LogP contribution in [0.15, 0.2) is 47.7 Å². The summed E-state index contributed by atoms with van der Waals surface area (Å²) >= 11 is 0. The van der Waals surface area contributed by atoms with Crippen LogP contribution in [0.25, 0.3) is 11.5 Å². The van der Waals surface area contributed by atoms with Crippen LogP contribution in [-0.2, 0) is 4.74 Å². The number of hydrogen-bond acceptors (Lipinski definition) is 8. The summed E-state index contributed by atoms with van der Waals surface area (Å²) in [5.41, 5.74) is 0.981. The number of ether oxygens (including phenoxy) is 1. The van der Waals surface area contributed by atoms with Crippen molar-refractivity contribution in [1.29, 1.82) is 0 Å². The highest BCUT2D eigenvalue weighted by Crippen LogP contribution is 2.34. The van der Waals surface area contributed by atoms with Crippen molar-refractivity contribution in [3.63, 3.8) is 0 Å². The molecule has 34 heavy (non-hydrogen) atoms. The van der Waals surface area contributed by atoms with Crippen molar-refractivity contribution in [2.75, 3.05) is 30.9 Å². The van der Waals surface area contributed by atoms with Crippen molar-refractivity contribution >= 4 is 28.8 Å². The molecule has 0 amide bonds. The highest BCUT2D eigenvalue weighted by molar-refractivity contribution is 6.01.